The maximum Gasteiger partial charge on any atom is 0.317 e. The molecule has 1 aliphatic rings. The molecule has 222 valence electrons. The van der Waals surface area contributed by atoms with Crippen LogP contribution in [0.2, 0.25) is 0 Å². The van der Waals surface area contributed by atoms with Crippen molar-refractivity contribution in [1.29, 1.82) is 5.41 Å². The number of carbonyl (C=O) groups excluding carboxylic acids is 2. The molecule has 17 heteroatoms. The van der Waals surface area contributed by atoms with Crippen molar-refractivity contribution in [3.05, 3.63) is 0 Å². The molecule has 1 rings (SSSR count). The van der Waals surface area contributed by atoms with Crippen molar-refractivity contribution in [2.75, 3.05) is 85.1 Å². The molecule has 0 aromatic carbocycles. The summed E-state index contributed by atoms with van der Waals surface area (Å²) in [6, 6.07) is -0.939. The van der Waals surface area contributed by atoms with Crippen LogP contribution in [0.3, 0.4) is 0 Å². The predicted molar refractivity (Wildman–Crippen MR) is 139 cm³/mol. The fourth-order valence-electron chi connectivity index (χ4n) is 4.04. The number of amides is 2. The average molecular weight is 560 g/mol. The van der Waals surface area contributed by atoms with E-state index in [1.807, 2.05) is 0 Å². The Balaban J connectivity index is 2.93. The van der Waals surface area contributed by atoms with Gasteiger partial charge in [-0.2, -0.15) is 0 Å². The van der Waals surface area contributed by atoms with Crippen molar-refractivity contribution in [3.8, 4) is 0 Å². The Hall–Kier alpha value is -3.54. The summed E-state index contributed by atoms with van der Waals surface area (Å²) in [6.07, 6.45) is 0.650. The zero-order valence-electron chi connectivity index (χ0n) is 22.0. The van der Waals surface area contributed by atoms with Crippen LogP contribution in [-0.4, -0.2) is 162 Å². The van der Waals surface area contributed by atoms with Crippen molar-refractivity contribution in [2.24, 2.45) is 11.5 Å². The van der Waals surface area contributed by atoms with Gasteiger partial charge in [0.15, 0.2) is 5.96 Å². The summed E-state index contributed by atoms with van der Waals surface area (Å²) >= 11 is 0. The SMILES string of the molecule is N=C(N)NCCC[C@H](NC(=O)CN1CCN(CC(=O)O)CCN(CC(=O)O)CCN(CC(=O)O)CC1)C(N)=O. The number of aliphatic carboxylic acids is 3. The van der Waals surface area contributed by atoms with E-state index in [0.29, 0.717) is 13.0 Å². The summed E-state index contributed by atoms with van der Waals surface area (Å²) in [7, 11) is 0. The van der Waals surface area contributed by atoms with Gasteiger partial charge in [0.1, 0.15) is 6.04 Å². The number of hydrogen-bond donors (Lipinski definition) is 8. The first-order chi connectivity index (χ1) is 18.3. The minimum absolute atomic E-state index is 0.136. The van der Waals surface area contributed by atoms with E-state index in [0.717, 1.165) is 0 Å². The van der Waals surface area contributed by atoms with Gasteiger partial charge in [-0.05, 0) is 12.8 Å². The molecule has 0 spiro atoms. The van der Waals surface area contributed by atoms with E-state index in [2.05, 4.69) is 10.6 Å². The Kier molecular flexibility index (Phi) is 15.3. The molecule has 0 aliphatic carbocycles. The molecule has 39 heavy (non-hydrogen) atoms. The molecule has 1 heterocycles. The lowest BCUT2D eigenvalue weighted by Crippen LogP contribution is -2.51. The van der Waals surface area contributed by atoms with Gasteiger partial charge in [0.05, 0.1) is 26.2 Å². The number of nitrogens with zero attached hydrogens (tertiary/aromatic N) is 4. The van der Waals surface area contributed by atoms with Gasteiger partial charge in [-0.3, -0.25) is 49.0 Å². The van der Waals surface area contributed by atoms with E-state index in [4.69, 9.17) is 16.9 Å². The molecule has 10 N–H and O–H groups in total. The summed E-state index contributed by atoms with van der Waals surface area (Å²) in [4.78, 5) is 65.3. The topological polar surface area (TPSA) is 259 Å². The van der Waals surface area contributed by atoms with Gasteiger partial charge in [-0.1, -0.05) is 0 Å². The third kappa shape index (κ3) is 16.1. The van der Waals surface area contributed by atoms with E-state index in [1.54, 1.807) is 19.6 Å². The zero-order chi connectivity index (χ0) is 29.4. The molecule has 0 unspecified atom stereocenters. The molecule has 1 saturated heterocycles. The van der Waals surface area contributed by atoms with Crippen molar-refractivity contribution < 1.29 is 39.3 Å². The Morgan fingerprint density at radius 2 is 1.05 bits per heavy atom. The second-order valence-electron chi connectivity index (χ2n) is 9.29. The summed E-state index contributed by atoms with van der Waals surface area (Å²) in [5.74, 6) is -4.55. The van der Waals surface area contributed by atoms with E-state index in [9.17, 15) is 39.3 Å². The molecule has 2 amide bonds. The van der Waals surface area contributed by atoms with Crippen molar-refractivity contribution in [1.82, 2.24) is 30.2 Å². The summed E-state index contributed by atoms with van der Waals surface area (Å²) in [5, 5.41) is 40.2. The molecule has 17 nitrogen and oxygen atoms in total. The maximum absolute atomic E-state index is 12.8. The van der Waals surface area contributed by atoms with Gasteiger partial charge in [0, 0.05) is 58.9 Å². The number of carboxylic acids is 3. The van der Waals surface area contributed by atoms with Crippen molar-refractivity contribution >= 4 is 35.7 Å². The summed E-state index contributed by atoms with van der Waals surface area (Å²) in [6.45, 7) is 1.48. The highest BCUT2D eigenvalue weighted by Gasteiger charge is 2.23. The van der Waals surface area contributed by atoms with Crippen LogP contribution < -0.4 is 22.1 Å². The van der Waals surface area contributed by atoms with Crippen LogP contribution in [0.1, 0.15) is 12.8 Å². The van der Waals surface area contributed by atoms with Crippen molar-refractivity contribution in [2.45, 2.75) is 18.9 Å². The molecule has 0 bridgehead atoms. The Labute approximate surface area is 226 Å². The number of guanidine groups is 1. The van der Waals surface area contributed by atoms with E-state index >= 15 is 0 Å². The van der Waals surface area contributed by atoms with Gasteiger partial charge in [-0.25, -0.2) is 0 Å². The molecule has 0 saturated carbocycles. The molecular formula is C22H41N9O8. The standard InChI is InChI=1S/C22H41N9O8/c23-21(39)16(2-1-3-26-22(24)25)27-17(32)12-28-4-6-29(13-18(33)34)8-10-31(15-20(37)38)11-9-30(7-5-28)14-19(35)36/h16H,1-15H2,(H2,23,39)(H,27,32)(H,33,34)(H,35,36)(H,37,38)(H4,24,25,26)/t16-/m0/s1. The molecule has 0 radical (unpaired) electrons. The quantitative estimate of drug-likeness (QED) is 0.0569. The molecule has 1 fully saturated rings. The van der Waals surface area contributed by atoms with Gasteiger partial charge in [0.2, 0.25) is 11.8 Å². The predicted octanol–water partition coefficient (Wildman–Crippen LogP) is -4.30. The van der Waals surface area contributed by atoms with Gasteiger partial charge >= 0.3 is 17.9 Å². The van der Waals surface area contributed by atoms with Gasteiger partial charge in [0.25, 0.3) is 0 Å². The van der Waals surface area contributed by atoms with Crippen molar-refractivity contribution in [3.63, 3.8) is 0 Å². The van der Waals surface area contributed by atoms with Crippen LogP contribution in [0.5, 0.6) is 0 Å². The second kappa shape index (κ2) is 17.9. The minimum Gasteiger partial charge on any atom is -0.480 e. The molecule has 0 aromatic rings. The zero-order valence-corrected chi connectivity index (χ0v) is 22.0. The van der Waals surface area contributed by atoms with Crippen LogP contribution in [0.15, 0.2) is 0 Å². The number of carboxylic acid groups (broad SMARTS) is 3. The van der Waals surface area contributed by atoms with E-state index < -0.39 is 35.8 Å². The highest BCUT2D eigenvalue weighted by atomic mass is 16.4. The van der Waals surface area contributed by atoms with Crippen LogP contribution in [0, 0.1) is 5.41 Å². The number of primary amides is 1. The van der Waals surface area contributed by atoms with E-state index in [1.165, 1.54) is 0 Å². The number of hydrogen-bond acceptors (Lipinski definition) is 10. The van der Waals surface area contributed by atoms with Gasteiger partial charge in [-0.15, -0.1) is 0 Å². The normalized spacial score (nSPS) is 17.7. The molecular weight excluding hydrogens is 518 g/mol. The fraction of sp³-hybridized carbons (Fsp3) is 0.727. The Morgan fingerprint density at radius 1 is 0.692 bits per heavy atom. The number of nitrogens with two attached hydrogens (primary N) is 2. The van der Waals surface area contributed by atoms with Crippen LogP contribution in [0.25, 0.3) is 0 Å². The Bertz CT molecular complexity index is 827. The lowest BCUT2D eigenvalue weighted by atomic mass is 10.1. The third-order valence-electron chi connectivity index (χ3n) is 6.04. The first kappa shape index (κ1) is 33.5. The van der Waals surface area contributed by atoms with Gasteiger partial charge < -0.3 is 37.4 Å². The molecule has 1 aliphatic heterocycles. The lowest BCUT2D eigenvalue weighted by Gasteiger charge is -2.33. The van der Waals surface area contributed by atoms with E-state index in [-0.39, 0.29) is 90.9 Å². The monoisotopic (exact) mass is 559 g/mol. The van der Waals surface area contributed by atoms with Crippen LogP contribution in [0.4, 0.5) is 0 Å². The fourth-order valence-corrected chi connectivity index (χ4v) is 4.04. The summed E-state index contributed by atoms with van der Waals surface area (Å²) < 4.78 is 0. The van der Waals surface area contributed by atoms with Crippen LogP contribution in [-0.2, 0) is 24.0 Å². The lowest BCUT2D eigenvalue weighted by molar-refractivity contribution is -0.140. The molecule has 0 aromatic heterocycles. The van der Waals surface area contributed by atoms with Crippen LogP contribution >= 0.6 is 0 Å². The smallest absolute Gasteiger partial charge is 0.317 e. The largest absolute Gasteiger partial charge is 0.480 e. The number of carbonyl (C=O) groups is 5. The number of rotatable bonds is 14. The molecule has 1 atom stereocenters. The minimum atomic E-state index is -1.05. The first-order valence-corrected chi connectivity index (χ1v) is 12.6. The third-order valence-corrected chi connectivity index (χ3v) is 6.04. The first-order valence-electron chi connectivity index (χ1n) is 12.6. The Morgan fingerprint density at radius 3 is 1.36 bits per heavy atom. The average Bonchev–Trinajstić information content (AvgIpc) is 2.81. The number of nitrogens with one attached hydrogen (secondary N) is 3. The highest BCUT2D eigenvalue weighted by molar-refractivity contribution is 5.87. The highest BCUT2D eigenvalue weighted by Crippen LogP contribution is 2.02. The second-order valence-corrected chi connectivity index (χ2v) is 9.29. The maximum atomic E-state index is 12.8. The summed E-state index contributed by atoms with van der Waals surface area (Å²) in [5.41, 5.74) is 10.6.